The van der Waals surface area contributed by atoms with Crippen molar-refractivity contribution in [3.05, 3.63) is 82.9 Å². The molecule has 2 aromatic heterocycles. The standard InChI is InChI=1S/C28H32N6O3/c1-20(21-9-5-3-6-10-21)17-23(35)33-15-13-28(37,14-16-33)18-34-19-29-24-25(27(34)36)31-32(2)26(24)30-22-11-7-4-8-12-22/h3-12,19-20,30,37H,13-18H2,1-2H3. The number of benzene rings is 2. The van der Waals surface area contributed by atoms with Gasteiger partial charge in [-0.15, -0.1) is 0 Å². The van der Waals surface area contributed by atoms with Crippen LogP contribution in [-0.2, 0) is 18.4 Å². The Labute approximate surface area is 215 Å². The lowest BCUT2D eigenvalue weighted by Gasteiger charge is -2.38. The maximum atomic E-state index is 13.2. The lowest BCUT2D eigenvalue weighted by molar-refractivity contribution is -0.136. The number of likely N-dealkylation sites (tertiary alicyclic amines) is 1. The Morgan fingerprint density at radius 1 is 1.05 bits per heavy atom. The number of nitrogens with zero attached hydrogens (tertiary/aromatic N) is 5. The summed E-state index contributed by atoms with van der Waals surface area (Å²) in [7, 11) is 1.76. The molecule has 1 aliphatic rings. The molecule has 1 unspecified atom stereocenters. The summed E-state index contributed by atoms with van der Waals surface area (Å²) in [5.41, 5.74) is 1.34. The van der Waals surface area contributed by atoms with Gasteiger partial charge in [-0.3, -0.25) is 14.2 Å². The highest BCUT2D eigenvalue weighted by Crippen LogP contribution is 2.27. The molecule has 1 amide bonds. The molecule has 192 valence electrons. The number of para-hydroxylation sites is 1. The van der Waals surface area contributed by atoms with E-state index in [1.54, 1.807) is 11.7 Å². The van der Waals surface area contributed by atoms with E-state index in [9.17, 15) is 14.7 Å². The zero-order valence-corrected chi connectivity index (χ0v) is 21.2. The van der Waals surface area contributed by atoms with Crippen molar-refractivity contribution < 1.29 is 9.90 Å². The second-order valence-corrected chi connectivity index (χ2v) is 9.96. The quantitative estimate of drug-likeness (QED) is 0.403. The maximum absolute atomic E-state index is 13.2. The van der Waals surface area contributed by atoms with Crippen LogP contribution in [-0.4, -0.2) is 53.9 Å². The van der Waals surface area contributed by atoms with E-state index in [0.717, 1.165) is 11.3 Å². The van der Waals surface area contributed by atoms with Gasteiger partial charge in [-0.2, -0.15) is 5.10 Å². The molecule has 4 aromatic rings. The Balaban J connectivity index is 1.25. The number of rotatable bonds is 7. The van der Waals surface area contributed by atoms with Crippen molar-refractivity contribution in [1.29, 1.82) is 0 Å². The van der Waals surface area contributed by atoms with Gasteiger partial charge < -0.3 is 15.3 Å². The van der Waals surface area contributed by atoms with E-state index < -0.39 is 5.60 Å². The fraction of sp³-hybridized carbons (Fsp3) is 0.357. The van der Waals surface area contributed by atoms with Crippen LogP contribution in [0.15, 0.2) is 71.8 Å². The van der Waals surface area contributed by atoms with Crippen molar-refractivity contribution in [1.82, 2.24) is 24.2 Å². The predicted octanol–water partition coefficient (Wildman–Crippen LogP) is 3.42. The predicted molar refractivity (Wildman–Crippen MR) is 143 cm³/mol. The summed E-state index contributed by atoms with van der Waals surface area (Å²) < 4.78 is 3.03. The molecule has 0 radical (unpaired) electrons. The third-order valence-electron chi connectivity index (χ3n) is 7.21. The Bertz CT molecular complexity index is 1440. The van der Waals surface area contributed by atoms with E-state index in [-0.39, 0.29) is 29.4 Å². The van der Waals surface area contributed by atoms with Crippen LogP contribution in [0.4, 0.5) is 11.5 Å². The van der Waals surface area contributed by atoms with Crippen LogP contribution in [0.25, 0.3) is 11.0 Å². The van der Waals surface area contributed by atoms with Crippen molar-refractivity contribution in [2.45, 2.75) is 44.2 Å². The van der Waals surface area contributed by atoms with Gasteiger partial charge in [-0.1, -0.05) is 55.5 Å². The van der Waals surface area contributed by atoms with E-state index in [4.69, 9.17) is 0 Å². The number of piperidine rings is 1. The van der Waals surface area contributed by atoms with Gasteiger partial charge in [-0.25, -0.2) is 9.67 Å². The zero-order valence-electron chi connectivity index (χ0n) is 21.2. The Kier molecular flexibility index (Phi) is 6.80. The second-order valence-electron chi connectivity index (χ2n) is 9.96. The number of fused-ring (bicyclic) bond motifs is 1. The van der Waals surface area contributed by atoms with Crippen LogP contribution in [0.1, 0.15) is 37.7 Å². The summed E-state index contributed by atoms with van der Waals surface area (Å²) in [4.78, 5) is 32.4. The highest BCUT2D eigenvalue weighted by atomic mass is 16.3. The molecule has 1 atom stereocenters. The molecule has 1 aliphatic heterocycles. The average Bonchev–Trinajstić information content (AvgIpc) is 3.22. The third kappa shape index (κ3) is 5.27. The van der Waals surface area contributed by atoms with Gasteiger partial charge in [0.25, 0.3) is 5.56 Å². The topological polar surface area (TPSA) is 105 Å². The molecule has 5 rings (SSSR count). The minimum atomic E-state index is -1.10. The number of hydrogen-bond donors (Lipinski definition) is 2. The Hall–Kier alpha value is -3.98. The summed E-state index contributed by atoms with van der Waals surface area (Å²) in [5, 5.41) is 18.9. The monoisotopic (exact) mass is 500 g/mol. The first-order valence-electron chi connectivity index (χ1n) is 12.6. The Morgan fingerprint density at radius 2 is 1.70 bits per heavy atom. The highest BCUT2D eigenvalue weighted by molar-refractivity contribution is 5.87. The molecular weight excluding hydrogens is 468 g/mol. The largest absolute Gasteiger partial charge is 0.388 e. The molecule has 37 heavy (non-hydrogen) atoms. The number of carbonyl (C=O) groups is 1. The van der Waals surface area contributed by atoms with E-state index in [1.165, 1.54) is 10.9 Å². The number of aromatic nitrogens is 4. The number of nitrogens with one attached hydrogen (secondary N) is 1. The van der Waals surface area contributed by atoms with Crippen LogP contribution < -0.4 is 10.9 Å². The van der Waals surface area contributed by atoms with Crippen molar-refractivity contribution in [2.75, 3.05) is 18.4 Å². The molecule has 1 fully saturated rings. The summed E-state index contributed by atoms with van der Waals surface area (Å²) in [5.74, 6) is 0.844. The first kappa shape index (κ1) is 24.7. The Morgan fingerprint density at radius 3 is 2.38 bits per heavy atom. The molecule has 1 saturated heterocycles. The lowest BCUT2D eigenvalue weighted by Crippen LogP contribution is -2.49. The van der Waals surface area contributed by atoms with Crippen LogP contribution in [0, 0.1) is 0 Å². The summed E-state index contributed by atoms with van der Waals surface area (Å²) in [6, 6.07) is 19.6. The van der Waals surface area contributed by atoms with E-state index >= 15 is 0 Å². The lowest BCUT2D eigenvalue weighted by atomic mass is 9.90. The normalized spacial score (nSPS) is 16.0. The highest BCUT2D eigenvalue weighted by Gasteiger charge is 2.35. The molecule has 9 nitrogen and oxygen atoms in total. The summed E-state index contributed by atoms with van der Waals surface area (Å²) >= 11 is 0. The van der Waals surface area contributed by atoms with Crippen molar-refractivity contribution in [3.8, 4) is 0 Å². The maximum Gasteiger partial charge on any atom is 0.281 e. The van der Waals surface area contributed by atoms with E-state index in [2.05, 4.69) is 22.3 Å². The minimum absolute atomic E-state index is 0.0885. The molecule has 3 heterocycles. The molecule has 2 aromatic carbocycles. The first-order chi connectivity index (χ1) is 17.8. The second kappa shape index (κ2) is 10.2. The van der Waals surface area contributed by atoms with Crippen LogP contribution in [0.2, 0.25) is 0 Å². The summed E-state index contributed by atoms with van der Waals surface area (Å²) in [6.07, 6.45) is 2.69. The van der Waals surface area contributed by atoms with Gasteiger partial charge in [0.1, 0.15) is 5.52 Å². The number of hydrogen-bond acceptors (Lipinski definition) is 6. The van der Waals surface area contributed by atoms with Gasteiger partial charge in [-0.05, 0) is 36.5 Å². The van der Waals surface area contributed by atoms with Crippen molar-refractivity contribution in [2.24, 2.45) is 7.05 Å². The third-order valence-corrected chi connectivity index (χ3v) is 7.21. The van der Waals surface area contributed by atoms with Crippen LogP contribution in [0.5, 0.6) is 0 Å². The van der Waals surface area contributed by atoms with Gasteiger partial charge in [0.05, 0.1) is 18.5 Å². The molecule has 9 heteroatoms. The number of aliphatic hydroxyl groups is 1. The molecule has 0 saturated carbocycles. The molecule has 0 spiro atoms. The SMILES string of the molecule is CC(CC(=O)N1CCC(O)(Cn2cnc3c(Nc4ccccc4)n(C)nc3c2=O)CC1)c1ccccc1. The summed E-state index contributed by atoms with van der Waals surface area (Å²) in [6.45, 7) is 3.07. The number of anilines is 2. The van der Waals surface area contributed by atoms with Crippen molar-refractivity contribution in [3.63, 3.8) is 0 Å². The molecule has 0 aliphatic carbocycles. The van der Waals surface area contributed by atoms with Gasteiger partial charge >= 0.3 is 0 Å². The molecular formula is C28H32N6O3. The number of amides is 1. The smallest absolute Gasteiger partial charge is 0.281 e. The van der Waals surface area contributed by atoms with Gasteiger partial charge in [0, 0.05) is 32.2 Å². The minimum Gasteiger partial charge on any atom is -0.388 e. The fourth-order valence-corrected chi connectivity index (χ4v) is 4.94. The first-order valence-corrected chi connectivity index (χ1v) is 12.6. The van der Waals surface area contributed by atoms with Crippen LogP contribution in [0.3, 0.4) is 0 Å². The average molecular weight is 501 g/mol. The van der Waals surface area contributed by atoms with Crippen LogP contribution >= 0.6 is 0 Å². The van der Waals surface area contributed by atoms with Gasteiger partial charge in [0.15, 0.2) is 11.3 Å². The van der Waals surface area contributed by atoms with Gasteiger partial charge in [0.2, 0.25) is 5.91 Å². The van der Waals surface area contributed by atoms with Crippen molar-refractivity contribution >= 4 is 28.4 Å². The number of carbonyl (C=O) groups excluding carboxylic acids is 1. The number of aryl methyl sites for hydroxylation is 1. The van der Waals surface area contributed by atoms with E-state index in [1.807, 2.05) is 65.6 Å². The van der Waals surface area contributed by atoms with E-state index in [0.29, 0.717) is 43.7 Å². The molecule has 0 bridgehead atoms. The fourth-order valence-electron chi connectivity index (χ4n) is 4.94. The zero-order chi connectivity index (χ0) is 26.0. The molecule has 2 N–H and O–H groups in total.